The highest BCUT2D eigenvalue weighted by molar-refractivity contribution is 7.00. The predicted octanol–water partition coefficient (Wildman–Crippen LogP) is 9.62. The van der Waals surface area contributed by atoms with Crippen LogP contribution in [0.3, 0.4) is 0 Å². The Bertz CT molecular complexity index is 2310. The van der Waals surface area contributed by atoms with Gasteiger partial charge in [-0.05, 0) is 79.4 Å². The maximum absolute atomic E-state index is 12.6. The van der Waals surface area contributed by atoms with Gasteiger partial charge >= 0.3 is 22.7 Å². The van der Waals surface area contributed by atoms with Crippen molar-refractivity contribution in [3.63, 3.8) is 0 Å². The molecule has 0 aliphatic heterocycles. The zero-order valence-electron chi connectivity index (χ0n) is 32.8. The SMILES string of the molecule is CC(C)(C)[Si](Oc1ccc(-c2cn(C(=O)O)c(-c3ccc(O[Si](c4ccccc4)(c4ccccc4)C(C)(C)C)cc3)n2)cc1)(c1ccccc1)c1ccccc1. The number of aromatic nitrogens is 2. The molecular formula is C48H48N2O4Si2. The second kappa shape index (κ2) is 15.3. The molecule has 56 heavy (non-hydrogen) atoms. The third kappa shape index (κ3) is 7.14. The number of imidazole rings is 1. The molecule has 0 unspecified atom stereocenters. The Balaban J connectivity index is 1.21. The van der Waals surface area contributed by atoms with E-state index in [4.69, 9.17) is 13.8 Å². The van der Waals surface area contributed by atoms with E-state index in [9.17, 15) is 9.90 Å². The van der Waals surface area contributed by atoms with Crippen LogP contribution in [0.4, 0.5) is 4.79 Å². The summed E-state index contributed by atoms with van der Waals surface area (Å²) in [5.74, 6) is 1.79. The summed E-state index contributed by atoms with van der Waals surface area (Å²) in [5, 5.41) is 14.6. The molecule has 1 aromatic heterocycles. The van der Waals surface area contributed by atoms with E-state index in [1.807, 2.05) is 72.8 Å². The van der Waals surface area contributed by atoms with Crippen molar-refractivity contribution in [2.45, 2.75) is 51.6 Å². The Labute approximate surface area is 332 Å². The van der Waals surface area contributed by atoms with Gasteiger partial charge in [-0.2, -0.15) is 0 Å². The maximum atomic E-state index is 12.6. The number of carboxylic acid groups (broad SMARTS) is 1. The average molecular weight is 773 g/mol. The monoisotopic (exact) mass is 772 g/mol. The predicted molar refractivity (Wildman–Crippen MR) is 233 cm³/mol. The fraction of sp³-hybridized carbons (Fsp3) is 0.167. The molecule has 8 heteroatoms. The number of rotatable bonds is 10. The normalized spacial score (nSPS) is 12.2. The number of hydrogen-bond donors (Lipinski definition) is 1. The molecule has 0 amide bonds. The lowest BCUT2D eigenvalue weighted by atomic mass is 10.1. The molecule has 0 bridgehead atoms. The Hall–Kier alpha value is -5.97. The van der Waals surface area contributed by atoms with Gasteiger partial charge in [0.2, 0.25) is 0 Å². The summed E-state index contributed by atoms with van der Waals surface area (Å²) in [5.41, 5.74) is 2.00. The van der Waals surface area contributed by atoms with E-state index in [1.54, 1.807) is 6.20 Å². The van der Waals surface area contributed by atoms with Gasteiger partial charge in [0, 0.05) is 17.3 Å². The van der Waals surface area contributed by atoms with Crippen LogP contribution in [0.1, 0.15) is 41.5 Å². The zero-order valence-corrected chi connectivity index (χ0v) is 34.8. The second-order valence-corrected chi connectivity index (χ2v) is 24.6. The molecule has 7 rings (SSSR count). The minimum absolute atomic E-state index is 0.191. The molecule has 282 valence electrons. The Morgan fingerprint density at radius 2 is 0.821 bits per heavy atom. The van der Waals surface area contributed by atoms with Crippen molar-refractivity contribution in [2.24, 2.45) is 0 Å². The molecule has 0 spiro atoms. The molecule has 0 atom stereocenters. The van der Waals surface area contributed by atoms with Crippen molar-refractivity contribution in [3.8, 4) is 34.1 Å². The van der Waals surface area contributed by atoms with Crippen LogP contribution in [0.5, 0.6) is 11.5 Å². The van der Waals surface area contributed by atoms with Gasteiger partial charge in [-0.3, -0.25) is 0 Å². The van der Waals surface area contributed by atoms with Gasteiger partial charge in [-0.15, -0.1) is 0 Å². The number of benzene rings is 6. The minimum atomic E-state index is -2.85. The summed E-state index contributed by atoms with van der Waals surface area (Å²) < 4.78 is 15.6. The van der Waals surface area contributed by atoms with Gasteiger partial charge in [-0.1, -0.05) is 163 Å². The lowest BCUT2D eigenvalue weighted by Crippen LogP contribution is -2.68. The van der Waals surface area contributed by atoms with Crippen LogP contribution in [-0.4, -0.2) is 37.4 Å². The lowest BCUT2D eigenvalue weighted by Gasteiger charge is -2.43. The summed E-state index contributed by atoms with van der Waals surface area (Å²) in [6, 6.07) is 57.5. The quantitative estimate of drug-likeness (QED) is 0.140. The van der Waals surface area contributed by atoms with Gasteiger partial charge in [0.1, 0.15) is 17.3 Å². The van der Waals surface area contributed by atoms with Crippen molar-refractivity contribution in [2.75, 3.05) is 0 Å². The average Bonchev–Trinajstić information content (AvgIpc) is 3.66. The van der Waals surface area contributed by atoms with E-state index in [-0.39, 0.29) is 10.1 Å². The Morgan fingerprint density at radius 1 is 0.500 bits per heavy atom. The van der Waals surface area contributed by atoms with Crippen LogP contribution in [0.25, 0.3) is 22.6 Å². The van der Waals surface area contributed by atoms with Gasteiger partial charge in [0.05, 0.1) is 5.69 Å². The highest BCUT2D eigenvalue weighted by atomic mass is 28.4. The summed E-state index contributed by atoms with van der Waals surface area (Å²) in [7, 11) is -5.67. The van der Waals surface area contributed by atoms with Crippen LogP contribution in [0.15, 0.2) is 176 Å². The highest BCUT2D eigenvalue weighted by Gasteiger charge is 2.53. The van der Waals surface area contributed by atoms with E-state index < -0.39 is 22.7 Å². The van der Waals surface area contributed by atoms with Gasteiger partial charge in [-0.25, -0.2) is 14.3 Å². The molecule has 0 fully saturated rings. The largest absolute Gasteiger partial charge is 0.534 e. The first-order chi connectivity index (χ1) is 26.8. The standard InChI is InChI=1S/C48H48N2O4Si2/c1-47(2,3)55(40-19-11-7-12-20-40,41-21-13-8-14-22-41)53-38-31-27-36(28-32-38)44-35-50(46(51)52)45(49-44)37-29-33-39(34-30-37)54-56(48(4,5)6,42-23-15-9-16-24-42)43-25-17-10-18-26-43/h7-35H,1-6H3,(H,51,52). The third-order valence-electron chi connectivity index (χ3n) is 10.6. The van der Waals surface area contributed by atoms with Crippen molar-refractivity contribution < 1.29 is 18.8 Å². The molecule has 7 aromatic rings. The molecule has 1 heterocycles. The summed E-state index contributed by atoms with van der Waals surface area (Å²) in [6.45, 7) is 13.5. The first-order valence-electron chi connectivity index (χ1n) is 19.0. The molecule has 6 nitrogen and oxygen atoms in total. The molecular weight excluding hydrogens is 725 g/mol. The molecule has 0 saturated carbocycles. The summed E-state index contributed by atoms with van der Waals surface area (Å²) in [4.78, 5) is 17.4. The fourth-order valence-corrected chi connectivity index (χ4v) is 16.7. The van der Waals surface area contributed by atoms with E-state index >= 15 is 0 Å². The number of carbonyl (C=O) groups is 1. The molecule has 6 aromatic carbocycles. The van der Waals surface area contributed by atoms with Crippen LogP contribution < -0.4 is 29.6 Å². The third-order valence-corrected chi connectivity index (χ3v) is 20.4. The molecule has 0 radical (unpaired) electrons. The number of nitrogens with zero attached hydrogens (tertiary/aromatic N) is 2. The summed E-state index contributed by atoms with van der Waals surface area (Å²) >= 11 is 0. The first kappa shape index (κ1) is 38.3. The van der Waals surface area contributed by atoms with E-state index in [2.05, 4.69) is 139 Å². The van der Waals surface area contributed by atoms with Crippen LogP contribution >= 0.6 is 0 Å². The lowest BCUT2D eigenvalue weighted by molar-refractivity contribution is 0.196. The minimum Gasteiger partial charge on any atom is -0.534 e. The second-order valence-electron chi connectivity index (χ2n) is 16.2. The van der Waals surface area contributed by atoms with E-state index in [1.165, 1.54) is 25.3 Å². The first-order valence-corrected chi connectivity index (χ1v) is 22.8. The highest BCUT2D eigenvalue weighted by Crippen LogP contribution is 2.40. The fourth-order valence-electron chi connectivity index (χ4n) is 7.89. The molecule has 0 aliphatic carbocycles. The van der Waals surface area contributed by atoms with Gasteiger partial charge < -0.3 is 14.0 Å². The Kier molecular flexibility index (Phi) is 10.5. The molecule has 1 N–H and O–H groups in total. The van der Waals surface area contributed by atoms with Crippen molar-refractivity contribution >= 4 is 43.5 Å². The van der Waals surface area contributed by atoms with Crippen LogP contribution in [-0.2, 0) is 0 Å². The van der Waals surface area contributed by atoms with Crippen molar-refractivity contribution in [3.05, 3.63) is 176 Å². The van der Waals surface area contributed by atoms with Gasteiger partial charge in [0.25, 0.3) is 0 Å². The smallest absolute Gasteiger partial charge is 0.417 e. The van der Waals surface area contributed by atoms with Crippen molar-refractivity contribution in [1.82, 2.24) is 9.55 Å². The topological polar surface area (TPSA) is 73.6 Å². The van der Waals surface area contributed by atoms with Gasteiger partial charge in [0.15, 0.2) is 0 Å². The van der Waals surface area contributed by atoms with Crippen LogP contribution in [0.2, 0.25) is 10.1 Å². The van der Waals surface area contributed by atoms with Crippen LogP contribution in [0, 0.1) is 0 Å². The Morgan fingerprint density at radius 3 is 1.12 bits per heavy atom. The zero-order chi connectivity index (χ0) is 39.6. The van der Waals surface area contributed by atoms with E-state index in [0.29, 0.717) is 22.8 Å². The number of hydrogen-bond acceptors (Lipinski definition) is 4. The maximum Gasteiger partial charge on any atom is 0.417 e. The molecule has 0 aliphatic rings. The summed E-state index contributed by atoms with van der Waals surface area (Å²) in [6.07, 6.45) is 0.459. The van der Waals surface area contributed by atoms with Crippen molar-refractivity contribution in [1.29, 1.82) is 0 Å². The van der Waals surface area contributed by atoms with E-state index in [0.717, 1.165) is 11.3 Å². The molecule has 0 saturated heterocycles.